The highest BCUT2D eigenvalue weighted by Gasteiger charge is 2.23. The predicted molar refractivity (Wildman–Crippen MR) is 176 cm³/mol. The largest absolute Gasteiger partial charge is 0.496 e. The third-order valence-corrected chi connectivity index (χ3v) is 9.30. The number of fused-ring (bicyclic) bond motifs is 1. The van der Waals surface area contributed by atoms with E-state index in [1.165, 1.54) is 23.5 Å². The van der Waals surface area contributed by atoms with Gasteiger partial charge in [0.1, 0.15) is 34.8 Å². The maximum absolute atomic E-state index is 13.5. The Kier molecular flexibility index (Phi) is 8.99. The molecular formula is C34H26BrFN4O4S. The van der Waals surface area contributed by atoms with Gasteiger partial charge in [-0.05, 0) is 69.5 Å². The number of thiophene rings is 1. The second-order valence-electron chi connectivity index (χ2n) is 10.00. The van der Waals surface area contributed by atoms with Crippen LogP contribution in [-0.2, 0) is 17.8 Å². The number of hydrogen-bond donors (Lipinski definition) is 2. The van der Waals surface area contributed by atoms with Crippen molar-refractivity contribution in [3.63, 3.8) is 0 Å². The predicted octanol–water partition coefficient (Wildman–Crippen LogP) is 8.02. The first-order valence-corrected chi connectivity index (χ1v) is 15.5. The Labute approximate surface area is 270 Å². The van der Waals surface area contributed by atoms with Crippen molar-refractivity contribution in [2.75, 3.05) is 12.4 Å². The van der Waals surface area contributed by atoms with Gasteiger partial charge >= 0.3 is 5.97 Å². The van der Waals surface area contributed by atoms with Gasteiger partial charge in [-0.2, -0.15) is 0 Å². The second-order valence-corrected chi connectivity index (χ2v) is 11.8. The number of benzene rings is 3. The van der Waals surface area contributed by atoms with Gasteiger partial charge in [-0.3, -0.25) is 0 Å². The number of methoxy groups -OCH3 is 1. The molecule has 0 amide bonds. The van der Waals surface area contributed by atoms with E-state index in [2.05, 4.69) is 36.2 Å². The molecule has 3 aromatic carbocycles. The molecule has 0 radical (unpaired) electrons. The van der Waals surface area contributed by atoms with Crippen molar-refractivity contribution in [3.05, 3.63) is 119 Å². The fourth-order valence-corrected chi connectivity index (χ4v) is 6.97. The van der Waals surface area contributed by atoms with Crippen molar-refractivity contribution >= 4 is 49.1 Å². The number of carbonyl (C=O) groups is 1. The Hall–Kier alpha value is -4.87. The van der Waals surface area contributed by atoms with Crippen LogP contribution >= 0.6 is 27.3 Å². The summed E-state index contributed by atoms with van der Waals surface area (Å²) in [5, 5.41) is 14.2. The van der Waals surface area contributed by atoms with Crippen LogP contribution in [0, 0.1) is 5.82 Å². The Morgan fingerprint density at radius 2 is 1.71 bits per heavy atom. The van der Waals surface area contributed by atoms with E-state index in [1.54, 1.807) is 43.8 Å². The molecular weight excluding hydrogens is 659 g/mol. The lowest BCUT2D eigenvalue weighted by Crippen LogP contribution is -2.31. The van der Waals surface area contributed by atoms with Crippen molar-refractivity contribution in [1.82, 2.24) is 15.0 Å². The standard InChI is InChI=1S/C34H26BrFN4O4S/c1-43-28-9-5-3-7-24(28)32-37-16-14-23(39-32)19-44-27-8-4-2-6-21(27)18-26(34(41)42)40-25-15-17-38-33-29(25)30(35)31(45-33)20-10-12-22(36)13-11-20/h2-17,26H,18-19H2,1H3,(H,38,40)(H,41,42)/t26-/m1/s1. The number of aliphatic carboxylic acids is 1. The van der Waals surface area contributed by atoms with Crippen LogP contribution in [0.25, 0.3) is 32.0 Å². The third kappa shape index (κ3) is 6.64. The zero-order valence-electron chi connectivity index (χ0n) is 23.9. The molecule has 8 nitrogen and oxygen atoms in total. The Morgan fingerprint density at radius 1 is 0.978 bits per heavy atom. The van der Waals surface area contributed by atoms with Gasteiger partial charge in [-0.15, -0.1) is 11.3 Å². The normalized spacial score (nSPS) is 11.7. The second kappa shape index (κ2) is 13.4. The lowest BCUT2D eigenvalue weighted by Gasteiger charge is -2.19. The van der Waals surface area contributed by atoms with E-state index in [1.807, 2.05) is 48.5 Å². The highest BCUT2D eigenvalue weighted by atomic mass is 79.9. The van der Waals surface area contributed by atoms with Gasteiger partial charge in [0, 0.05) is 34.4 Å². The molecule has 11 heteroatoms. The summed E-state index contributed by atoms with van der Waals surface area (Å²) in [5.41, 5.74) is 3.60. The summed E-state index contributed by atoms with van der Waals surface area (Å²) in [4.78, 5) is 27.7. The Bertz CT molecular complexity index is 1990. The molecule has 0 saturated heterocycles. The molecule has 3 aromatic heterocycles. The van der Waals surface area contributed by atoms with Crippen LogP contribution < -0.4 is 14.8 Å². The van der Waals surface area contributed by atoms with Gasteiger partial charge in [-0.1, -0.05) is 42.5 Å². The Balaban J connectivity index is 1.22. The molecule has 2 N–H and O–H groups in total. The number of rotatable bonds is 11. The average Bonchev–Trinajstić information content (AvgIpc) is 3.41. The molecule has 1 atom stereocenters. The first-order valence-electron chi connectivity index (χ1n) is 13.9. The summed E-state index contributed by atoms with van der Waals surface area (Å²) < 4.78 is 25.9. The molecule has 45 heavy (non-hydrogen) atoms. The number of anilines is 1. The van der Waals surface area contributed by atoms with Crippen molar-refractivity contribution in [2.24, 2.45) is 0 Å². The average molecular weight is 686 g/mol. The minimum atomic E-state index is -1.02. The number of carboxylic acids is 1. The summed E-state index contributed by atoms with van der Waals surface area (Å²) in [6, 6.07) is 23.6. The fourth-order valence-electron chi connectivity index (χ4n) is 4.90. The first-order chi connectivity index (χ1) is 21.9. The maximum atomic E-state index is 13.5. The summed E-state index contributed by atoms with van der Waals surface area (Å²) in [5.74, 6) is 0.401. The van der Waals surface area contributed by atoms with Crippen molar-refractivity contribution in [1.29, 1.82) is 0 Å². The smallest absolute Gasteiger partial charge is 0.326 e. The van der Waals surface area contributed by atoms with E-state index < -0.39 is 12.0 Å². The highest BCUT2D eigenvalue weighted by molar-refractivity contribution is 9.10. The van der Waals surface area contributed by atoms with Crippen LogP contribution in [0.5, 0.6) is 11.5 Å². The lowest BCUT2D eigenvalue weighted by molar-refractivity contribution is -0.137. The molecule has 0 saturated carbocycles. The monoisotopic (exact) mass is 684 g/mol. The number of halogens is 2. The molecule has 6 aromatic rings. The van der Waals surface area contributed by atoms with Crippen molar-refractivity contribution < 1.29 is 23.8 Å². The molecule has 0 bridgehead atoms. The molecule has 0 fully saturated rings. The van der Waals surface area contributed by atoms with E-state index >= 15 is 0 Å². The quantitative estimate of drug-likeness (QED) is 0.141. The molecule has 0 spiro atoms. The molecule has 3 heterocycles. The number of hydrogen-bond acceptors (Lipinski definition) is 8. The highest BCUT2D eigenvalue weighted by Crippen LogP contribution is 2.44. The van der Waals surface area contributed by atoms with Gasteiger partial charge in [0.25, 0.3) is 0 Å². The number of aromatic nitrogens is 3. The number of pyridine rings is 1. The number of ether oxygens (including phenoxy) is 2. The lowest BCUT2D eigenvalue weighted by atomic mass is 10.0. The molecule has 6 rings (SSSR count). The van der Waals surface area contributed by atoms with Crippen LogP contribution in [0.3, 0.4) is 0 Å². The van der Waals surface area contributed by atoms with Gasteiger partial charge in [0.2, 0.25) is 0 Å². The number of nitrogens with one attached hydrogen (secondary N) is 1. The minimum Gasteiger partial charge on any atom is -0.496 e. The summed E-state index contributed by atoms with van der Waals surface area (Å²) in [7, 11) is 1.60. The molecule has 0 unspecified atom stereocenters. The summed E-state index contributed by atoms with van der Waals surface area (Å²) in [6.07, 6.45) is 3.46. The fraction of sp³-hybridized carbons (Fsp3) is 0.118. The molecule has 0 aliphatic carbocycles. The third-order valence-electron chi connectivity index (χ3n) is 7.10. The zero-order valence-corrected chi connectivity index (χ0v) is 26.3. The van der Waals surface area contributed by atoms with Crippen molar-refractivity contribution in [3.8, 4) is 33.3 Å². The number of para-hydroxylation sites is 2. The number of nitrogens with zero attached hydrogens (tertiary/aromatic N) is 3. The van der Waals surface area contributed by atoms with Gasteiger partial charge in [-0.25, -0.2) is 24.1 Å². The SMILES string of the molecule is COc1ccccc1-c1nccc(COc2ccccc2C[C@@H](Nc2ccnc3sc(-c4ccc(F)cc4)c(Br)c23)C(=O)O)n1. The van der Waals surface area contributed by atoms with Crippen LogP contribution in [0.2, 0.25) is 0 Å². The van der Waals surface area contributed by atoms with Crippen LogP contribution in [-0.4, -0.2) is 39.2 Å². The van der Waals surface area contributed by atoms with Crippen molar-refractivity contribution in [2.45, 2.75) is 19.1 Å². The van der Waals surface area contributed by atoms with Gasteiger partial charge in [0.05, 0.1) is 23.2 Å². The zero-order chi connectivity index (χ0) is 31.3. The van der Waals surface area contributed by atoms with E-state index in [0.717, 1.165) is 36.3 Å². The van der Waals surface area contributed by atoms with E-state index in [0.29, 0.717) is 28.7 Å². The van der Waals surface area contributed by atoms with Crippen LogP contribution in [0.4, 0.5) is 10.1 Å². The van der Waals surface area contributed by atoms with E-state index in [4.69, 9.17) is 9.47 Å². The maximum Gasteiger partial charge on any atom is 0.326 e. The molecule has 0 aliphatic heterocycles. The van der Waals surface area contributed by atoms with Crippen LogP contribution in [0.1, 0.15) is 11.3 Å². The first kappa shape index (κ1) is 30.2. The Morgan fingerprint density at radius 3 is 2.49 bits per heavy atom. The van der Waals surface area contributed by atoms with E-state index in [-0.39, 0.29) is 18.8 Å². The molecule has 0 aliphatic rings. The topological polar surface area (TPSA) is 106 Å². The summed E-state index contributed by atoms with van der Waals surface area (Å²) in [6.45, 7) is 0.159. The molecule has 226 valence electrons. The number of carboxylic acid groups (broad SMARTS) is 1. The minimum absolute atomic E-state index is 0.151. The van der Waals surface area contributed by atoms with Crippen LogP contribution in [0.15, 0.2) is 102 Å². The van der Waals surface area contributed by atoms with E-state index in [9.17, 15) is 14.3 Å². The van der Waals surface area contributed by atoms with Gasteiger partial charge in [0.15, 0.2) is 5.82 Å². The summed E-state index contributed by atoms with van der Waals surface area (Å²) >= 11 is 5.13. The van der Waals surface area contributed by atoms with Gasteiger partial charge < -0.3 is 19.9 Å².